The molecule has 0 aliphatic heterocycles. The Labute approximate surface area is 183 Å². The quantitative estimate of drug-likeness (QED) is 0.510. The second-order valence-corrected chi connectivity index (χ2v) is 8.19. The van der Waals surface area contributed by atoms with Crippen LogP contribution in [0.4, 0.5) is 5.69 Å². The van der Waals surface area contributed by atoms with Gasteiger partial charge in [0.1, 0.15) is 12.4 Å². The lowest BCUT2D eigenvalue weighted by atomic mass is 10.2. The predicted octanol–water partition coefficient (Wildman–Crippen LogP) is 5.05. The van der Waals surface area contributed by atoms with E-state index in [9.17, 15) is 4.79 Å². The van der Waals surface area contributed by atoms with Crippen LogP contribution in [-0.4, -0.2) is 26.4 Å². The van der Waals surface area contributed by atoms with Crippen molar-refractivity contribution in [1.82, 2.24) is 14.8 Å². The molecule has 1 aromatic heterocycles. The number of amides is 1. The minimum absolute atomic E-state index is 0.146. The van der Waals surface area contributed by atoms with Gasteiger partial charge in [-0.15, -0.1) is 10.2 Å². The number of aryl methyl sites for hydroxylation is 1. The van der Waals surface area contributed by atoms with E-state index in [1.54, 1.807) is 22.8 Å². The second kappa shape index (κ2) is 9.52. The highest BCUT2D eigenvalue weighted by molar-refractivity contribution is 7.99. The van der Waals surface area contributed by atoms with Gasteiger partial charge in [0.25, 0.3) is 0 Å². The summed E-state index contributed by atoms with van der Waals surface area (Å²) in [7, 11) is 1.83. The zero-order valence-electron chi connectivity index (χ0n) is 16.2. The fourth-order valence-electron chi connectivity index (χ4n) is 2.52. The first-order chi connectivity index (χ1) is 13.8. The molecular weight excluding hydrogens is 431 g/mol. The Balaban J connectivity index is 1.57. The van der Waals surface area contributed by atoms with E-state index in [4.69, 9.17) is 27.9 Å². The monoisotopic (exact) mass is 450 g/mol. The number of nitrogens with one attached hydrogen (secondary N) is 1. The molecule has 1 heterocycles. The summed E-state index contributed by atoms with van der Waals surface area (Å²) >= 11 is 13.5. The smallest absolute Gasteiger partial charge is 0.234 e. The van der Waals surface area contributed by atoms with Crippen LogP contribution in [0.15, 0.2) is 41.6 Å². The molecule has 152 valence electrons. The molecule has 0 aliphatic carbocycles. The molecule has 0 fully saturated rings. The van der Waals surface area contributed by atoms with E-state index in [2.05, 4.69) is 15.5 Å². The van der Waals surface area contributed by atoms with Gasteiger partial charge < -0.3 is 14.6 Å². The number of hydrogen-bond donors (Lipinski definition) is 1. The number of rotatable bonds is 7. The van der Waals surface area contributed by atoms with Gasteiger partial charge in [0.05, 0.1) is 10.8 Å². The Morgan fingerprint density at radius 2 is 1.97 bits per heavy atom. The minimum atomic E-state index is -0.146. The molecular formula is C20H20Cl2N4O2S. The van der Waals surface area contributed by atoms with Crippen LogP contribution in [-0.2, 0) is 18.4 Å². The SMILES string of the molecule is Cc1ccc(Cl)c(OCc2nnc(SCC(=O)Nc3cccc(Cl)c3C)n2C)c1. The number of hydrogen-bond acceptors (Lipinski definition) is 5. The van der Waals surface area contributed by atoms with E-state index in [0.717, 1.165) is 11.1 Å². The maximum atomic E-state index is 12.3. The molecule has 2 aromatic carbocycles. The second-order valence-electron chi connectivity index (χ2n) is 6.43. The van der Waals surface area contributed by atoms with E-state index >= 15 is 0 Å². The number of anilines is 1. The summed E-state index contributed by atoms with van der Waals surface area (Å²) in [5.41, 5.74) is 2.59. The Kier molecular flexibility index (Phi) is 7.05. The standard InChI is InChI=1S/C20H20Cl2N4O2S/c1-12-7-8-15(22)17(9-12)28-10-18-24-25-20(26(18)3)29-11-19(27)23-16-6-4-5-14(21)13(16)2/h4-9H,10-11H2,1-3H3,(H,23,27). The molecule has 1 N–H and O–H groups in total. The number of ether oxygens (including phenoxy) is 1. The molecule has 0 saturated carbocycles. The maximum absolute atomic E-state index is 12.3. The van der Waals surface area contributed by atoms with Gasteiger partial charge in [-0.1, -0.05) is 47.1 Å². The fraction of sp³-hybridized carbons (Fsp3) is 0.250. The number of halogens is 2. The third-order valence-electron chi connectivity index (χ3n) is 4.24. The van der Waals surface area contributed by atoms with Gasteiger partial charge in [-0.25, -0.2) is 0 Å². The lowest BCUT2D eigenvalue weighted by Gasteiger charge is -2.10. The zero-order valence-corrected chi connectivity index (χ0v) is 18.5. The van der Waals surface area contributed by atoms with Crippen molar-refractivity contribution in [3.63, 3.8) is 0 Å². The van der Waals surface area contributed by atoms with Gasteiger partial charge in [0.2, 0.25) is 5.91 Å². The van der Waals surface area contributed by atoms with Crippen LogP contribution >= 0.6 is 35.0 Å². The van der Waals surface area contributed by atoms with Crippen molar-refractivity contribution >= 4 is 46.6 Å². The summed E-state index contributed by atoms with van der Waals surface area (Å²) < 4.78 is 7.57. The molecule has 6 nitrogen and oxygen atoms in total. The van der Waals surface area contributed by atoms with Crippen molar-refractivity contribution in [2.45, 2.75) is 25.6 Å². The molecule has 3 rings (SSSR count). The number of aromatic nitrogens is 3. The summed E-state index contributed by atoms with van der Waals surface area (Å²) in [5, 5.41) is 12.9. The van der Waals surface area contributed by atoms with Crippen molar-refractivity contribution < 1.29 is 9.53 Å². The van der Waals surface area contributed by atoms with Crippen molar-refractivity contribution in [3.05, 3.63) is 63.4 Å². The van der Waals surface area contributed by atoms with Crippen LogP contribution in [0.2, 0.25) is 10.0 Å². The Morgan fingerprint density at radius 1 is 1.17 bits per heavy atom. The van der Waals surface area contributed by atoms with Crippen LogP contribution in [0, 0.1) is 13.8 Å². The number of carbonyl (C=O) groups is 1. The van der Waals surface area contributed by atoms with Crippen molar-refractivity contribution in [1.29, 1.82) is 0 Å². The minimum Gasteiger partial charge on any atom is -0.484 e. The first kappa shape index (κ1) is 21.5. The molecule has 9 heteroatoms. The van der Waals surface area contributed by atoms with Crippen LogP contribution in [0.3, 0.4) is 0 Å². The Hall–Kier alpha value is -2.22. The van der Waals surface area contributed by atoms with E-state index < -0.39 is 0 Å². The number of benzene rings is 2. The largest absolute Gasteiger partial charge is 0.484 e. The van der Waals surface area contributed by atoms with Gasteiger partial charge in [0.15, 0.2) is 11.0 Å². The lowest BCUT2D eigenvalue weighted by molar-refractivity contribution is -0.113. The molecule has 0 bridgehead atoms. The molecule has 29 heavy (non-hydrogen) atoms. The van der Waals surface area contributed by atoms with Crippen LogP contribution in [0.5, 0.6) is 5.75 Å². The third kappa shape index (κ3) is 5.44. The molecule has 0 aliphatic rings. The molecule has 0 atom stereocenters. The van der Waals surface area contributed by atoms with Gasteiger partial charge >= 0.3 is 0 Å². The highest BCUT2D eigenvalue weighted by Crippen LogP contribution is 2.27. The van der Waals surface area contributed by atoms with Gasteiger partial charge in [0, 0.05) is 17.8 Å². The van der Waals surface area contributed by atoms with Crippen LogP contribution in [0.1, 0.15) is 17.0 Å². The van der Waals surface area contributed by atoms with Gasteiger partial charge in [-0.2, -0.15) is 0 Å². The van der Waals surface area contributed by atoms with Gasteiger partial charge in [-0.3, -0.25) is 4.79 Å². The van der Waals surface area contributed by atoms with Crippen molar-refractivity contribution in [2.75, 3.05) is 11.1 Å². The number of nitrogens with zero attached hydrogens (tertiary/aromatic N) is 3. The summed E-state index contributed by atoms with van der Waals surface area (Å²) in [4.78, 5) is 12.3. The average molecular weight is 451 g/mol. The summed E-state index contributed by atoms with van der Waals surface area (Å²) in [6, 6.07) is 11.0. The average Bonchev–Trinajstić information content (AvgIpc) is 3.04. The number of thioether (sulfide) groups is 1. The van der Waals surface area contributed by atoms with E-state index in [1.807, 2.05) is 39.1 Å². The molecule has 0 unspecified atom stereocenters. The maximum Gasteiger partial charge on any atom is 0.234 e. The molecule has 0 spiro atoms. The summed E-state index contributed by atoms with van der Waals surface area (Å²) in [6.07, 6.45) is 0. The number of carbonyl (C=O) groups excluding carboxylic acids is 1. The van der Waals surface area contributed by atoms with Crippen molar-refractivity contribution in [2.24, 2.45) is 7.05 Å². The molecule has 1 amide bonds. The van der Waals surface area contributed by atoms with Gasteiger partial charge in [-0.05, 0) is 49.2 Å². The lowest BCUT2D eigenvalue weighted by Crippen LogP contribution is -2.15. The van der Waals surface area contributed by atoms with E-state index in [-0.39, 0.29) is 18.3 Å². The van der Waals surface area contributed by atoms with Crippen LogP contribution in [0.25, 0.3) is 0 Å². The molecule has 0 saturated heterocycles. The molecule has 0 radical (unpaired) electrons. The normalized spacial score (nSPS) is 10.8. The zero-order chi connectivity index (χ0) is 21.0. The highest BCUT2D eigenvalue weighted by atomic mass is 35.5. The van der Waals surface area contributed by atoms with E-state index in [0.29, 0.717) is 32.5 Å². The Morgan fingerprint density at radius 3 is 2.76 bits per heavy atom. The first-order valence-electron chi connectivity index (χ1n) is 8.80. The highest BCUT2D eigenvalue weighted by Gasteiger charge is 2.14. The predicted molar refractivity (Wildman–Crippen MR) is 117 cm³/mol. The van der Waals surface area contributed by atoms with Crippen LogP contribution < -0.4 is 10.1 Å². The fourth-order valence-corrected chi connectivity index (χ4v) is 3.60. The topological polar surface area (TPSA) is 69.0 Å². The van der Waals surface area contributed by atoms with Crippen molar-refractivity contribution in [3.8, 4) is 5.75 Å². The van der Waals surface area contributed by atoms with E-state index in [1.165, 1.54) is 11.8 Å². The summed E-state index contributed by atoms with van der Waals surface area (Å²) in [6.45, 7) is 4.05. The summed E-state index contributed by atoms with van der Waals surface area (Å²) in [5.74, 6) is 1.28. The first-order valence-corrected chi connectivity index (χ1v) is 10.5. The molecule has 3 aromatic rings. The third-order valence-corrected chi connectivity index (χ3v) is 5.98. The Bertz CT molecular complexity index is 1040.